The van der Waals surface area contributed by atoms with Gasteiger partial charge >= 0.3 is 11.9 Å². The maximum absolute atomic E-state index is 10.1. The molecule has 4 heteroatoms. The summed E-state index contributed by atoms with van der Waals surface area (Å²) in [5.74, 6) is -1.86. The summed E-state index contributed by atoms with van der Waals surface area (Å²) in [5.41, 5.74) is 0. The molecule has 0 aliphatic carbocycles. The Labute approximate surface area is 94.6 Å². The molecular formula is C12H16O4. The molecule has 4 nitrogen and oxygen atoms in total. The molecule has 0 fully saturated rings. The monoisotopic (exact) mass is 224 g/mol. The van der Waals surface area contributed by atoms with Gasteiger partial charge in [0.1, 0.15) is 0 Å². The molecule has 0 bridgehead atoms. The highest BCUT2D eigenvalue weighted by molar-refractivity contribution is 5.79. The van der Waals surface area contributed by atoms with Crippen LogP contribution in [0.25, 0.3) is 0 Å². The number of rotatable bonds is 8. The number of carbonyl (C=O) groups is 2. The van der Waals surface area contributed by atoms with Gasteiger partial charge in [-0.25, -0.2) is 9.59 Å². The second-order valence-corrected chi connectivity index (χ2v) is 3.11. The van der Waals surface area contributed by atoms with Gasteiger partial charge in [0.2, 0.25) is 0 Å². The van der Waals surface area contributed by atoms with Crippen molar-refractivity contribution in [2.45, 2.75) is 25.7 Å². The van der Waals surface area contributed by atoms with Crippen LogP contribution in [0.15, 0.2) is 36.5 Å². The molecule has 0 radical (unpaired) electrons. The Bertz CT molecular complexity index is 270. The lowest BCUT2D eigenvalue weighted by molar-refractivity contribution is -0.132. The third-order valence-electron chi connectivity index (χ3n) is 1.69. The van der Waals surface area contributed by atoms with E-state index in [4.69, 9.17) is 10.2 Å². The van der Waals surface area contributed by atoms with Gasteiger partial charge in [-0.3, -0.25) is 0 Å². The van der Waals surface area contributed by atoms with E-state index in [9.17, 15) is 9.59 Å². The summed E-state index contributed by atoms with van der Waals surface area (Å²) in [4.78, 5) is 20.2. The Morgan fingerprint density at radius 2 is 1.00 bits per heavy atom. The third kappa shape index (κ3) is 12.2. The molecule has 0 aromatic heterocycles. The van der Waals surface area contributed by atoms with E-state index in [1.807, 2.05) is 12.2 Å². The van der Waals surface area contributed by atoms with E-state index < -0.39 is 11.9 Å². The lowest BCUT2D eigenvalue weighted by Gasteiger charge is -1.87. The fraction of sp³-hybridized carbons (Fsp3) is 0.333. The van der Waals surface area contributed by atoms with Gasteiger partial charge in [-0.05, 0) is 25.7 Å². The molecule has 16 heavy (non-hydrogen) atoms. The van der Waals surface area contributed by atoms with Crippen LogP contribution < -0.4 is 0 Å². The number of hydrogen-bond acceptors (Lipinski definition) is 2. The van der Waals surface area contributed by atoms with Crippen LogP contribution in [0.3, 0.4) is 0 Å². The molecule has 0 unspecified atom stereocenters. The van der Waals surface area contributed by atoms with E-state index in [1.165, 1.54) is 0 Å². The minimum absolute atomic E-state index is 0.702. The van der Waals surface area contributed by atoms with Crippen LogP contribution in [0.4, 0.5) is 0 Å². The predicted octanol–water partition coefficient (Wildman–Crippen LogP) is 2.38. The molecule has 0 saturated carbocycles. The fourth-order valence-corrected chi connectivity index (χ4v) is 0.989. The minimum Gasteiger partial charge on any atom is -0.478 e. The summed E-state index contributed by atoms with van der Waals surface area (Å²) in [7, 11) is 0. The first-order valence-electron chi connectivity index (χ1n) is 5.07. The van der Waals surface area contributed by atoms with Gasteiger partial charge in [-0.2, -0.15) is 0 Å². The fourth-order valence-electron chi connectivity index (χ4n) is 0.989. The Morgan fingerprint density at radius 3 is 1.31 bits per heavy atom. The van der Waals surface area contributed by atoms with Gasteiger partial charge in [0.25, 0.3) is 0 Å². The van der Waals surface area contributed by atoms with Crippen molar-refractivity contribution in [1.29, 1.82) is 0 Å². The maximum Gasteiger partial charge on any atom is 0.327 e. The van der Waals surface area contributed by atoms with Crippen molar-refractivity contribution in [2.24, 2.45) is 0 Å². The zero-order valence-corrected chi connectivity index (χ0v) is 9.00. The summed E-state index contributed by atoms with van der Waals surface area (Å²) < 4.78 is 0. The largest absolute Gasteiger partial charge is 0.478 e. The summed E-state index contributed by atoms with van der Waals surface area (Å²) in [6, 6.07) is 0. The highest BCUT2D eigenvalue weighted by Crippen LogP contribution is 1.97. The lowest BCUT2D eigenvalue weighted by atomic mass is 10.2. The van der Waals surface area contributed by atoms with Crippen molar-refractivity contribution in [3.8, 4) is 0 Å². The average molecular weight is 224 g/mol. The second kappa shape index (κ2) is 9.71. The van der Waals surface area contributed by atoms with Crippen molar-refractivity contribution >= 4 is 11.9 Å². The number of carboxylic acids is 2. The van der Waals surface area contributed by atoms with Crippen LogP contribution >= 0.6 is 0 Å². The first-order chi connectivity index (χ1) is 7.63. The number of allylic oxidation sites excluding steroid dienone is 4. The molecular weight excluding hydrogens is 208 g/mol. The van der Waals surface area contributed by atoms with Crippen LogP contribution in [-0.4, -0.2) is 22.2 Å². The van der Waals surface area contributed by atoms with E-state index in [0.29, 0.717) is 12.8 Å². The Balaban J connectivity index is 3.42. The van der Waals surface area contributed by atoms with Gasteiger partial charge in [0.05, 0.1) is 0 Å². The molecule has 0 saturated heterocycles. The van der Waals surface area contributed by atoms with Gasteiger partial charge in [-0.1, -0.05) is 24.3 Å². The molecule has 0 rings (SSSR count). The summed E-state index contributed by atoms with van der Waals surface area (Å²) in [6.45, 7) is 0. The van der Waals surface area contributed by atoms with E-state index >= 15 is 0 Å². The Morgan fingerprint density at radius 1 is 0.688 bits per heavy atom. The molecule has 0 aromatic carbocycles. The SMILES string of the molecule is O=C(O)/C=C/CC/C=C/CC/C=C/C(=O)O. The molecule has 0 heterocycles. The van der Waals surface area contributed by atoms with Crippen molar-refractivity contribution < 1.29 is 19.8 Å². The highest BCUT2D eigenvalue weighted by Gasteiger charge is 1.85. The average Bonchev–Trinajstić information content (AvgIpc) is 2.20. The summed E-state index contributed by atoms with van der Waals surface area (Å²) in [5, 5.41) is 16.6. The molecule has 88 valence electrons. The van der Waals surface area contributed by atoms with E-state index in [0.717, 1.165) is 25.0 Å². The Hall–Kier alpha value is -1.84. The maximum atomic E-state index is 10.1. The Kier molecular flexibility index (Phi) is 8.59. The van der Waals surface area contributed by atoms with Crippen molar-refractivity contribution in [3.05, 3.63) is 36.5 Å². The number of carboxylic acid groups (broad SMARTS) is 2. The van der Waals surface area contributed by atoms with Crippen molar-refractivity contribution in [1.82, 2.24) is 0 Å². The van der Waals surface area contributed by atoms with Gasteiger partial charge < -0.3 is 10.2 Å². The lowest BCUT2D eigenvalue weighted by Crippen LogP contribution is -1.85. The first kappa shape index (κ1) is 14.2. The molecule has 0 spiro atoms. The smallest absolute Gasteiger partial charge is 0.327 e. The van der Waals surface area contributed by atoms with Crippen LogP contribution in [0.2, 0.25) is 0 Å². The van der Waals surface area contributed by atoms with Crippen molar-refractivity contribution in [2.75, 3.05) is 0 Å². The van der Waals surface area contributed by atoms with Gasteiger partial charge in [0, 0.05) is 12.2 Å². The van der Waals surface area contributed by atoms with Crippen LogP contribution in [0.5, 0.6) is 0 Å². The second-order valence-electron chi connectivity index (χ2n) is 3.11. The molecule has 2 N–H and O–H groups in total. The van der Waals surface area contributed by atoms with Gasteiger partial charge in [0.15, 0.2) is 0 Å². The molecule has 0 aliphatic rings. The molecule has 0 aromatic rings. The first-order valence-corrected chi connectivity index (χ1v) is 5.07. The topological polar surface area (TPSA) is 74.6 Å². The zero-order chi connectivity index (χ0) is 12.2. The summed E-state index contributed by atoms with van der Waals surface area (Å²) in [6.07, 6.45) is 12.4. The van der Waals surface area contributed by atoms with Gasteiger partial charge in [-0.15, -0.1) is 0 Å². The molecule has 0 atom stereocenters. The normalized spacial score (nSPS) is 11.8. The van der Waals surface area contributed by atoms with E-state index in [1.54, 1.807) is 12.2 Å². The quantitative estimate of drug-likeness (QED) is 0.377. The standard InChI is InChI=1S/C12H16O4/c13-11(14)9-7-5-3-1-2-4-6-8-10-12(15)16/h1-2,7-10H,3-6H2,(H,13,14)(H,15,16)/b2-1+,9-7+,10-8+. The molecule has 0 aliphatic heterocycles. The van der Waals surface area contributed by atoms with E-state index in [2.05, 4.69) is 0 Å². The minimum atomic E-state index is -0.928. The van der Waals surface area contributed by atoms with Crippen LogP contribution in [0, 0.1) is 0 Å². The number of hydrogen-bond donors (Lipinski definition) is 2. The molecule has 0 amide bonds. The van der Waals surface area contributed by atoms with E-state index in [-0.39, 0.29) is 0 Å². The van der Waals surface area contributed by atoms with Crippen LogP contribution in [0.1, 0.15) is 25.7 Å². The highest BCUT2D eigenvalue weighted by atomic mass is 16.4. The number of aliphatic carboxylic acids is 2. The van der Waals surface area contributed by atoms with Crippen LogP contribution in [-0.2, 0) is 9.59 Å². The predicted molar refractivity (Wildman–Crippen MR) is 61.2 cm³/mol. The third-order valence-corrected chi connectivity index (χ3v) is 1.69. The summed E-state index contributed by atoms with van der Waals surface area (Å²) >= 11 is 0. The van der Waals surface area contributed by atoms with Crippen molar-refractivity contribution in [3.63, 3.8) is 0 Å². The number of unbranched alkanes of at least 4 members (excludes halogenated alkanes) is 2. The zero-order valence-electron chi connectivity index (χ0n) is 9.00.